The van der Waals surface area contributed by atoms with Crippen LogP contribution in [0.25, 0.3) is 0 Å². The molecule has 0 aromatic heterocycles. The molecule has 1 rings (SSSR count). The zero-order chi connectivity index (χ0) is 28.8. The molecule has 0 saturated carbocycles. The molecule has 13 heteroatoms. The maximum atomic E-state index is 13.3. The second-order valence-corrected chi connectivity index (χ2v) is 9.26. The number of carboxylic acid groups (broad SMARTS) is 1. The Kier molecular flexibility index (Phi) is 13.8. The van der Waals surface area contributed by atoms with E-state index in [2.05, 4.69) is 16.0 Å². The fourth-order valence-corrected chi connectivity index (χ4v) is 3.63. The average molecular weight is 537 g/mol. The molecule has 0 heterocycles. The van der Waals surface area contributed by atoms with Crippen molar-refractivity contribution in [2.45, 2.75) is 76.5 Å². The molecular formula is C25H40N6O7. The fraction of sp³-hybridized carbons (Fsp3) is 0.560. The number of primary amides is 1. The molecule has 0 aliphatic heterocycles. The second-order valence-electron chi connectivity index (χ2n) is 9.26. The summed E-state index contributed by atoms with van der Waals surface area (Å²) in [6, 6.07) is 1.20. The first kappa shape index (κ1) is 32.3. The summed E-state index contributed by atoms with van der Waals surface area (Å²) in [5, 5.41) is 26.7. The zero-order valence-electron chi connectivity index (χ0n) is 21.8. The van der Waals surface area contributed by atoms with Crippen molar-refractivity contribution < 1.29 is 34.2 Å². The summed E-state index contributed by atoms with van der Waals surface area (Å²) in [6.07, 6.45) is 1.31. The lowest BCUT2D eigenvalue weighted by molar-refractivity contribution is -0.143. The molecule has 11 N–H and O–H groups in total. The van der Waals surface area contributed by atoms with Crippen LogP contribution in [0, 0.1) is 5.92 Å². The predicted molar refractivity (Wildman–Crippen MR) is 139 cm³/mol. The molecule has 38 heavy (non-hydrogen) atoms. The number of carbonyl (C=O) groups excluding carboxylic acids is 4. The van der Waals surface area contributed by atoms with Crippen LogP contribution in [0.5, 0.6) is 5.75 Å². The number of phenolic OH excluding ortho intramolecular Hbond substituents is 1. The van der Waals surface area contributed by atoms with Crippen LogP contribution in [-0.4, -0.2) is 70.5 Å². The van der Waals surface area contributed by atoms with E-state index >= 15 is 0 Å². The maximum absolute atomic E-state index is 13.3. The molecule has 0 saturated heterocycles. The number of hydrogen-bond acceptors (Lipinski definition) is 8. The molecule has 0 bridgehead atoms. The topological polar surface area (TPSA) is 240 Å². The Labute approximate surface area is 221 Å². The van der Waals surface area contributed by atoms with Gasteiger partial charge in [0.25, 0.3) is 0 Å². The van der Waals surface area contributed by atoms with Crippen LogP contribution in [0.15, 0.2) is 24.3 Å². The van der Waals surface area contributed by atoms with Crippen molar-refractivity contribution in [1.82, 2.24) is 16.0 Å². The van der Waals surface area contributed by atoms with E-state index in [0.29, 0.717) is 31.4 Å². The fourth-order valence-electron chi connectivity index (χ4n) is 3.63. The molecule has 0 radical (unpaired) electrons. The number of nitrogens with two attached hydrogens (primary N) is 3. The number of carbonyl (C=O) groups is 5. The van der Waals surface area contributed by atoms with Gasteiger partial charge in [-0.1, -0.05) is 32.4 Å². The number of phenols is 1. The van der Waals surface area contributed by atoms with Gasteiger partial charge >= 0.3 is 5.97 Å². The Bertz CT molecular complexity index is 956. The van der Waals surface area contributed by atoms with E-state index in [0.717, 1.165) is 0 Å². The second kappa shape index (κ2) is 16.2. The average Bonchev–Trinajstić information content (AvgIpc) is 2.86. The van der Waals surface area contributed by atoms with Gasteiger partial charge in [-0.3, -0.25) is 19.2 Å². The number of carboxylic acids is 1. The van der Waals surface area contributed by atoms with Gasteiger partial charge in [0.15, 0.2) is 0 Å². The normalized spacial score (nSPS) is 14.8. The summed E-state index contributed by atoms with van der Waals surface area (Å²) in [4.78, 5) is 61.9. The highest BCUT2D eigenvalue weighted by Gasteiger charge is 2.33. The van der Waals surface area contributed by atoms with Crippen LogP contribution >= 0.6 is 0 Å². The highest BCUT2D eigenvalue weighted by Crippen LogP contribution is 2.14. The Morgan fingerprint density at radius 2 is 1.53 bits per heavy atom. The van der Waals surface area contributed by atoms with Crippen molar-refractivity contribution in [3.8, 4) is 5.75 Å². The summed E-state index contributed by atoms with van der Waals surface area (Å²) < 4.78 is 0. The number of rotatable bonds is 17. The van der Waals surface area contributed by atoms with E-state index in [4.69, 9.17) is 17.2 Å². The van der Waals surface area contributed by atoms with Crippen LogP contribution in [0.1, 0.15) is 51.5 Å². The molecule has 212 valence electrons. The monoisotopic (exact) mass is 536 g/mol. The van der Waals surface area contributed by atoms with Gasteiger partial charge < -0.3 is 43.4 Å². The van der Waals surface area contributed by atoms with Gasteiger partial charge in [0, 0.05) is 6.42 Å². The molecule has 1 aromatic carbocycles. The molecule has 13 nitrogen and oxygen atoms in total. The van der Waals surface area contributed by atoms with Crippen molar-refractivity contribution in [3.63, 3.8) is 0 Å². The standard InChI is InChI=1S/C25H40N6O7/c1-3-14(2)21(24(36)29-18(25(37)38)6-4-5-11-26)31-23(35)19(12-15-7-9-16(32)10-8-15)30-22(34)17(27)13-20(28)33/h7-10,14,17-19,21,32H,3-6,11-13,26-27H2,1-2H3,(H2,28,33)(H,29,36)(H,30,34)(H,31,35)(H,37,38). The number of unbranched alkanes of at least 4 members (excludes halogenated alkanes) is 1. The van der Waals surface area contributed by atoms with E-state index < -0.39 is 60.2 Å². The predicted octanol–water partition coefficient (Wildman–Crippen LogP) is -1.15. The zero-order valence-corrected chi connectivity index (χ0v) is 21.8. The van der Waals surface area contributed by atoms with E-state index in [9.17, 15) is 34.2 Å². The third-order valence-corrected chi connectivity index (χ3v) is 6.12. The van der Waals surface area contributed by atoms with Crippen LogP contribution in [0.3, 0.4) is 0 Å². The van der Waals surface area contributed by atoms with Gasteiger partial charge in [0.2, 0.25) is 23.6 Å². The van der Waals surface area contributed by atoms with Crippen molar-refractivity contribution in [3.05, 3.63) is 29.8 Å². The first-order chi connectivity index (χ1) is 17.9. The van der Waals surface area contributed by atoms with Crippen LogP contribution < -0.4 is 33.2 Å². The lowest BCUT2D eigenvalue weighted by atomic mass is 9.96. The molecule has 0 spiro atoms. The quantitative estimate of drug-likeness (QED) is 0.112. The minimum absolute atomic E-state index is 0.00946. The number of aromatic hydroxyl groups is 1. The maximum Gasteiger partial charge on any atom is 0.326 e. The smallest absolute Gasteiger partial charge is 0.326 e. The summed E-state index contributed by atoms with van der Waals surface area (Å²) in [7, 11) is 0. The van der Waals surface area contributed by atoms with Gasteiger partial charge in [-0.2, -0.15) is 0 Å². The van der Waals surface area contributed by atoms with E-state index in [1.54, 1.807) is 19.1 Å². The summed E-state index contributed by atoms with van der Waals surface area (Å²) >= 11 is 0. The summed E-state index contributed by atoms with van der Waals surface area (Å²) in [6.45, 7) is 3.93. The van der Waals surface area contributed by atoms with E-state index in [-0.39, 0.29) is 24.5 Å². The Morgan fingerprint density at radius 3 is 2.05 bits per heavy atom. The molecule has 4 amide bonds. The van der Waals surface area contributed by atoms with Gasteiger partial charge in [0.1, 0.15) is 23.9 Å². The van der Waals surface area contributed by atoms with E-state index in [1.807, 2.05) is 6.92 Å². The molecule has 5 atom stereocenters. The number of nitrogens with one attached hydrogen (secondary N) is 3. The van der Waals surface area contributed by atoms with Gasteiger partial charge in [-0.25, -0.2) is 4.79 Å². The van der Waals surface area contributed by atoms with Gasteiger partial charge in [-0.05, 0) is 49.4 Å². The minimum Gasteiger partial charge on any atom is -0.508 e. The Hall–Kier alpha value is -3.71. The highest BCUT2D eigenvalue weighted by molar-refractivity contribution is 5.95. The molecule has 0 fully saturated rings. The molecule has 5 unspecified atom stereocenters. The number of hydrogen-bond donors (Lipinski definition) is 8. The number of aliphatic carboxylic acids is 1. The summed E-state index contributed by atoms with van der Waals surface area (Å²) in [5.41, 5.74) is 16.9. The first-order valence-corrected chi connectivity index (χ1v) is 12.5. The van der Waals surface area contributed by atoms with Crippen molar-refractivity contribution in [1.29, 1.82) is 0 Å². The van der Waals surface area contributed by atoms with Crippen molar-refractivity contribution >= 4 is 29.6 Å². The molecular weight excluding hydrogens is 496 g/mol. The highest BCUT2D eigenvalue weighted by atomic mass is 16.4. The number of benzene rings is 1. The molecule has 0 aliphatic rings. The van der Waals surface area contributed by atoms with Gasteiger partial charge in [-0.15, -0.1) is 0 Å². The largest absolute Gasteiger partial charge is 0.508 e. The summed E-state index contributed by atoms with van der Waals surface area (Å²) in [5.74, 6) is -4.54. The van der Waals surface area contributed by atoms with E-state index in [1.165, 1.54) is 12.1 Å². The Balaban J connectivity index is 3.13. The lowest BCUT2D eigenvalue weighted by Crippen LogP contribution is -2.59. The third-order valence-electron chi connectivity index (χ3n) is 6.12. The van der Waals surface area contributed by atoms with Gasteiger partial charge in [0.05, 0.1) is 12.5 Å². The SMILES string of the molecule is CCC(C)C(NC(=O)C(Cc1ccc(O)cc1)NC(=O)C(N)CC(N)=O)C(=O)NC(CCCCN)C(=O)O. The number of amides is 4. The van der Waals surface area contributed by atoms with Crippen molar-refractivity contribution in [2.24, 2.45) is 23.1 Å². The molecule has 0 aliphatic carbocycles. The first-order valence-electron chi connectivity index (χ1n) is 12.5. The minimum atomic E-state index is -1.29. The van der Waals surface area contributed by atoms with Crippen LogP contribution in [-0.2, 0) is 30.4 Å². The van der Waals surface area contributed by atoms with Crippen molar-refractivity contribution in [2.75, 3.05) is 6.54 Å². The lowest BCUT2D eigenvalue weighted by Gasteiger charge is -2.28. The van der Waals surface area contributed by atoms with Crippen LogP contribution in [0.4, 0.5) is 0 Å². The Morgan fingerprint density at radius 1 is 0.921 bits per heavy atom. The third kappa shape index (κ3) is 11.1. The molecule has 1 aromatic rings. The van der Waals surface area contributed by atoms with Crippen LogP contribution in [0.2, 0.25) is 0 Å².